The fraction of sp³-hybridized carbons (Fsp3) is 1.00. The van der Waals surface area contributed by atoms with Crippen LogP contribution in [0.1, 0.15) is 44.9 Å². The van der Waals surface area contributed by atoms with Gasteiger partial charge >= 0.3 is 0 Å². The van der Waals surface area contributed by atoms with E-state index in [1.807, 2.05) is 0 Å². The molecule has 140 valence electrons. The van der Waals surface area contributed by atoms with Gasteiger partial charge < -0.3 is 30.2 Å². The highest BCUT2D eigenvalue weighted by Crippen LogP contribution is 2.04. The van der Waals surface area contributed by atoms with E-state index in [4.69, 9.17) is 20.4 Å². The average Bonchev–Trinajstić information content (AvgIpc) is 2.57. The van der Waals surface area contributed by atoms with Gasteiger partial charge in [-0.15, -0.1) is 0 Å². The summed E-state index contributed by atoms with van der Waals surface area (Å²) in [5, 5.41) is 35.7. The van der Waals surface area contributed by atoms with Crippen LogP contribution in [0, 0.1) is 0 Å². The molecule has 0 aromatic heterocycles. The van der Waals surface area contributed by atoms with Crippen LogP contribution in [-0.2, 0) is 0 Å². The molecule has 0 aliphatic carbocycles. The van der Waals surface area contributed by atoms with Gasteiger partial charge in [0.25, 0.3) is 0 Å². The average molecular weight is 335 g/mol. The lowest BCUT2D eigenvalue weighted by molar-refractivity contribution is 0.191. The standard InChI is InChI=1S/C17H38N2O4/c20-14-4-10-18(11-5-15-21)8-2-1-3-9-19(12-6-16-22)13-7-17-23/h20-23H,1-17H2. The Bertz CT molecular complexity index is 195. The van der Waals surface area contributed by atoms with Crippen molar-refractivity contribution < 1.29 is 20.4 Å². The minimum atomic E-state index is 0.223. The van der Waals surface area contributed by atoms with Crippen LogP contribution in [0.4, 0.5) is 0 Å². The van der Waals surface area contributed by atoms with Gasteiger partial charge in [0, 0.05) is 52.6 Å². The van der Waals surface area contributed by atoms with E-state index in [9.17, 15) is 0 Å². The molecule has 0 radical (unpaired) electrons. The third kappa shape index (κ3) is 15.1. The molecule has 0 bridgehead atoms. The summed E-state index contributed by atoms with van der Waals surface area (Å²) in [5.41, 5.74) is 0. The zero-order valence-electron chi connectivity index (χ0n) is 14.7. The fourth-order valence-corrected chi connectivity index (χ4v) is 2.70. The molecule has 0 aromatic rings. The second-order valence-corrected chi connectivity index (χ2v) is 6.05. The van der Waals surface area contributed by atoms with E-state index in [0.29, 0.717) is 0 Å². The highest BCUT2D eigenvalue weighted by molar-refractivity contribution is 4.61. The second-order valence-electron chi connectivity index (χ2n) is 6.05. The van der Waals surface area contributed by atoms with Crippen LogP contribution in [0.3, 0.4) is 0 Å². The summed E-state index contributed by atoms with van der Waals surface area (Å²) in [5.74, 6) is 0. The molecule has 6 nitrogen and oxygen atoms in total. The van der Waals surface area contributed by atoms with Crippen molar-refractivity contribution in [1.82, 2.24) is 9.80 Å². The van der Waals surface area contributed by atoms with E-state index in [2.05, 4.69) is 9.80 Å². The Morgan fingerprint density at radius 1 is 0.348 bits per heavy atom. The molecule has 6 heteroatoms. The molecular weight excluding hydrogens is 296 g/mol. The van der Waals surface area contributed by atoms with Gasteiger partial charge in [-0.25, -0.2) is 0 Å². The number of nitrogens with zero attached hydrogens (tertiary/aromatic N) is 2. The third-order valence-electron chi connectivity index (χ3n) is 3.98. The van der Waals surface area contributed by atoms with Crippen molar-refractivity contribution in [1.29, 1.82) is 0 Å². The first-order valence-electron chi connectivity index (χ1n) is 9.16. The molecule has 0 fully saturated rings. The predicted molar refractivity (Wildman–Crippen MR) is 93.5 cm³/mol. The summed E-state index contributed by atoms with van der Waals surface area (Å²) in [7, 11) is 0. The van der Waals surface area contributed by atoms with Crippen molar-refractivity contribution in [3.8, 4) is 0 Å². The number of hydrogen-bond donors (Lipinski definition) is 4. The fourth-order valence-electron chi connectivity index (χ4n) is 2.70. The minimum absolute atomic E-state index is 0.223. The number of aliphatic hydroxyl groups is 4. The van der Waals surface area contributed by atoms with Gasteiger partial charge in [-0.2, -0.15) is 0 Å². The number of rotatable bonds is 18. The van der Waals surface area contributed by atoms with Crippen molar-refractivity contribution >= 4 is 0 Å². The van der Waals surface area contributed by atoms with Crippen molar-refractivity contribution in [3.05, 3.63) is 0 Å². The summed E-state index contributed by atoms with van der Waals surface area (Å²) in [6.45, 7) is 6.53. The van der Waals surface area contributed by atoms with Crippen molar-refractivity contribution in [3.63, 3.8) is 0 Å². The maximum absolute atomic E-state index is 8.94. The molecule has 0 unspecified atom stereocenters. The Kier molecular flexibility index (Phi) is 17.9. The van der Waals surface area contributed by atoms with E-state index in [0.717, 1.165) is 84.2 Å². The first-order chi connectivity index (χ1) is 11.3. The molecule has 0 spiro atoms. The van der Waals surface area contributed by atoms with Gasteiger partial charge in [0.15, 0.2) is 0 Å². The number of hydrogen-bond acceptors (Lipinski definition) is 6. The maximum atomic E-state index is 8.94. The van der Waals surface area contributed by atoms with Gasteiger partial charge in [-0.05, 0) is 51.6 Å². The Morgan fingerprint density at radius 3 is 0.870 bits per heavy atom. The van der Waals surface area contributed by atoms with Crippen LogP contribution in [0.25, 0.3) is 0 Å². The molecule has 4 N–H and O–H groups in total. The van der Waals surface area contributed by atoms with Crippen LogP contribution in [0.5, 0.6) is 0 Å². The molecule has 0 amide bonds. The van der Waals surface area contributed by atoms with Gasteiger partial charge in [0.2, 0.25) is 0 Å². The lowest BCUT2D eigenvalue weighted by atomic mass is 10.2. The van der Waals surface area contributed by atoms with Crippen molar-refractivity contribution in [2.24, 2.45) is 0 Å². The molecule has 0 aromatic carbocycles. The van der Waals surface area contributed by atoms with E-state index in [1.54, 1.807) is 0 Å². The van der Waals surface area contributed by atoms with E-state index >= 15 is 0 Å². The Balaban J connectivity index is 3.81. The minimum Gasteiger partial charge on any atom is -0.396 e. The van der Waals surface area contributed by atoms with Crippen molar-refractivity contribution in [2.75, 3.05) is 65.7 Å². The highest BCUT2D eigenvalue weighted by Gasteiger charge is 2.06. The molecule has 23 heavy (non-hydrogen) atoms. The molecular formula is C17H38N2O4. The summed E-state index contributed by atoms with van der Waals surface area (Å²) < 4.78 is 0. The van der Waals surface area contributed by atoms with Gasteiger partial charge in [-0.3, -0.25) is 0 Å². The molecule has 0 saturated carbocycles. The summed E-state index contributed by atoms with van der Waals surface area (Å²) in [6.07, 6.45) is 6.59. The first kappa shape index (κ1) is 22.8. The van der Waals surface area contributed by atoms with Crippen LogP contribution >= 0.6 is 0 Å². The van der Waals surface area contributed by atoms with Crippen LogP contribution in [-0.4, -0.2) is 95.9 Å². The zero-order chi connectivity index (χ0) is 17.2. The largest absolute Gasteiger partial charge is 0.396 e. The predicted octanol–water partition coefficient (Wildman–Crippen LogP) is 0.290. The smallest absolute Gasteiger partial charge is 0.0443 e. The molecule has 0 heterocycles. The van der Waals surface area contributed by atoms with Crippen LogP contribution in [0.15, 0.2) is 0 Å². The number of unbranched alkanes of at least 4 members (excludes halogenated alkanes) is 2. The lowest BCUT2D eigenvalue weighted by Crippen LogP contribution is -2.29. The van der Waals surface area contributed by atoms with E-state index in [-0.39, 0.29) is 26.4 Å². The maximum Gasteiger partial charge on any atom is 0.0443 e. The quantitative estimate of drug-likeness (QED) is 0.270. The molecule has 0 aliphatic heterocycles. The summed E-state index contributed by atoms with van der Waals surface area (Å²) in [6, 6.07) is 0. The first-order valence-corrected chi connectivity index (χ1v) is 9.16. The SMILES string of the molecule is OCCCN(CCCO)CCCCCN(CCCO)CCCO. The van der Waals surface area contributed by atoms with Crippen LogP contribution < -0.4 is 0 Å². The van der Waals surface area contributed by atoms with Gasteiger partial charge in [-0.1, -0.05) is 6.42 Å². The van der Waals surface area contributed by atoms with E-state index < -0.39 is 0 Å². The summed E-state index contributed by atoms with van der Waals surface area (Å²) in [4.78, 5) is 4.64. The normalized spacial score (nSPS) is 11.7. The zero-order valence-corrected chi connectivity index (χ0v) is 14.7. The lowest BCUT2D eigenvalue weighted by Gasteiger charge is -2.23. The Hall–Kier alpha value is -0.240. The van der Waals surface area contributed by atoms with Gasteiger partial charge in [0.1, 0.15) is 0 Å². The summed E-state index contributed by atoms with van der Waals surface area (Å²) >= 11 is 0. The van der Waals surface area contributed by atoms with Crippen molar-refractivity contribution in [2.45, 2.75) is 44.9 Å². The Morgan fingerprint density at radius 2 is 0.609 bits per heavy atom. The Labute approximate surface area is 141 Å². The molecule has 0 aliphatic rings. The monoisotopic (exact) mass is 334 g/mol. The molecule has 0 atom stereocenters. The number of aliphatic hydroxyl groups excluding tert-OH is 4. The molecule has 0 rings (SSSR count). The van der Waals surface area contributed by atoms with Crippen LogP contribution in [0.2, 0.25) is 0 Å². The second kappa shape index (κ2) is 18.1. The van der Waals surface area contributed by atoms with E-state index in [1.165, 1.54) is 0 Å². The van der Waals surface area contributed by atoms with Gasteiger partial charge in [0.05, 0.1) is 0 Å². The molecule has 0 saturated heterocycles. The third-order valence-corrected chi connectivity index (χ3v) is 3.98. The topological polar surface area (TPSA) is 87.4 Å². The highest BCUT2D eigenvalue weighted by atomic mass is 16.3.